The lowest BCUT2D eigenvalue weighted by molar-refractivity contribution is -0.156. The van der Waals surface area contributed by atoms with Gasteiger partial charge in [-0.3, -0.25) is 9.69 Å². The van der Waals surface area contributed by atoms with Crippen molar-refractivity contribution in [2.75, 3.05) is 6.54 Å². The smallest absolute Gasteiger partial charge is 0.411 e. The number of likely N-dealkylation sites (tertiary alicyclic amines) is 1. The zero-order valence-corrected chi connectivity index (χ0v) is 23.9. The summed E-state index contributed by atoms with van der Waals surface area (Å²) in [6.07, 6.45) is 0.679. The summed E-state index contributed by atoms with van der Waals surface area (Å²) >= 11 is 0. The second-order valence-electron chi connectivity index (χ2n) is 11.3. The molecule has 3 aromatic carbocycles. The van der Waals surface area contributed by atoms with Crippen molar-refractivity contribution in [1.29, 1.82) is 0 Å². The molecular formula is C33H38N2O6. The maximum atomic E-state index is 14.3. The van der Waals surface area contributed by atoms with Gasteiger partial charge in [0.15, 0.2) is 0 Å². The van der Waals surface area contributed by atoms with E-state index in [0.29, 0.717) is 19.4 Å². The molecular weight excluding hydrogens is 520 g/mol. The summed E-state index contributed by atoms with van der Waals surface area (Å²) in [5.41, 5.74) is 1.67. The molecule has 0 radical (unpaired) electrons. The largest absolute Gasteiger partial charge is 0.508 e. The molecule has 216 valence electrons. The summed E-state index contributed by atoms with van der Waals surface area (Å²) in [5.74, 6) is -0.709. The first-order valence-electron chi connectivity index (χ1n) is 13.9. The van der Waals surface area contributed by atoms with Crippen LogP contribution in [0, 0.1) is 0 Å². The Labute approximate surface area is 241 Å². The number of carbonyl (C=O) groups is 3. The summed E-state index contributed by atoms with van der Waals surface area (Å²) in [7, 11) is 0. The zero-order valence-electron chi connectivity index (χ0n) is 23.9. The number of aromatic hydroxyl groups is 1. The van der Waals surface area contributed by atoms with E-state index in [1.54, 1.807) is 49.9 Å². The molecule has 8 heteroatoms. The van der Waals surface area contributed by atoms with Crippen LogP contribution in [-0.2, 0) is 38.6 Å². The minimum Gasteiger partial charge on any atom is -0.508 e. The number of phenols is 1. The van der Waals surface area contributed by atoms with Gasteiger partial charge in [-0.1, -0.05) is 72.8 Å². The second kappa shape index (κ2) is 13.4. The highest BCUT2D eigenvalue weighted by Crippen LogP contribution is 2.26. The number of benzene rings is 3. The van der Waals surface area contributed by atoms with Crippen molar-refractivity contribution in [2.24, 2.45) is 0 Å². The number of esters is 1. The van der Waals surface area contributed by atoms with Crippen LogP contribution in [0.4, 0.5) is 4.79 Å². The van der Waals surface area contributed by atoms with Crippen molar-refractivity contribution < 1.29 is 29.0 Å². The number of carbonyl (C=O) groups excluding carboxylic acids is 3. The number of phenolic OH excluding ortho intramolecular Hbond substituents is 1. The molecule has 0 aliphatic carbocycles. The first-order chi connectivity index (χ1) is 19.6. The summed E-state index contributed by atoms with van der Waals surface area (Å²) in [4.78, 5) is 44.1. The van der Waals surface area contributed by atoms with E-state index in [9.17, 15) is 19.5 Å². The molecule has 4 rings (SSSR count). The van der Waals surface area contributed by atoms with Crippen LogP contribution in [0.2, 0.25) is 0 Å². The predicted molar refractivity (Wildman–Crippen MR) is 155 cm³/mol. The quantitative estimate of drug-likeness (QED) is 0.350. The van der Waals surface area contributed by atoms with Gasteiger partial charge in [0, 0.05) is 19.5 Å². The molecule has 2 amide bonds. The highest BCUT2D eigenvalue weighted by molar-refractivity contribution is 5.90. The van der Waals surface area contributed by atoms with Crippen molar-refractivity contribution >= 4 is 18.0 Å². The highest BCUT2D eigenvalue weighted by Gasteiger charge is 2.42. The average molecular weight is 559 g/mol. The van der Waals surface area contributed by atoms with Gasteiger partial charge in [0.05, 0.1) is 0 Å². The number of ether oxygens (including phenoxy) is 2. The second-order valence-corrected chi connectivity index (χ2v) is 11.3. The predicted octanol–water partition coefficient (Wildman–Crippen LogP) is 5.48. The minimum absolute atomic E-state index is 0.102. The molecule has 3 aromatic rings. The van der Waals surface area contributed by atoms with Crippen molar-refractivity contribution in [3.8, 4) is 5.75 Å². The van der Waals surface area contributed by atoms with Crippen LogP contribution < -0.4 is 0 Å². The van der Waals surface area contributed by atoms with Crippen LogP contribution in [0.15, 0.2) is 84.9 Å². The zero-order chi connectivity index (χ0) is 29.4. The van der Waals surface area contributed by atoms with Gasteiger partial charge in [0.1, 0.15) is 30.0 Å². The molecule has 1 fully saturated rings. The van der Waals surface area contributed by atoms with Crippen molar-refractivity contribution in [1.82, 2.24) is 9.80 Å². The van der Waals surface area contributed by atoms with E-state index in [4.69, 9.17) is 9.47 Å². The Morgan fingerprint density at radius 2 is 1.51 bits per heavy atom. The lowest BCUT2D eigenvalue weighted by Gasteiger charge is -2.36. The fraction of sp³-hybridized carbons (Fsp3) is 0.364. The Bertz CT molecular complexity index is 1310. The van der Waals surface area contributed by atoms with Gasteiger partial charge in [-0.2, -0.15) is 0 Å². The summed E-state index contributed by atoms with van der Waals surface area (Å²) in [5, 5.41) is 9.81. The van der Waals surface area contributed by atoms with Gasteiger partial charge < -0.3 is 19.5 Å². The maximum absolute atomic E-state index is 14.3. The molecule has 1 N–H and O–H groups in total. The number of nitrogens with zero attached hydrogens (tertiary/aromatic N) is 2. The molecule has 0 spiro atoms. The standard InChI is InChI=1S/C33H38N2O6/c1-33(2,3)41-32(39)35(22-25-11-6-4-7-12-25)29(21-24-16-18-27(36)19-17-24)30(37)34-20-10-15-28(34)31(38)40-23-26-13-8-5-9-14-26/h4-9,11-14,16-19,28-29,36H,10,15,20-23H2,1-3H3/t28-,29-/m0/s1. The van der Waals surface area contributed by atoms with E-state index < -0.39 is 29.7 Å². The Kier molecular flexibility index (Phi) is 9.65. The monoisotopic (exact) mass is 558 g/mol. The first kappa shape index (κ1) is 29.6. The Morgan fingerprint density at radius 1 is 0.902 bits per heavy atom. The molecule has 0 saturated carbocycles. The fourth-order valence-electron chi connectivity index (χ4n) is 4.88. The number of hydrogen-bond acceptors (Lipinski definition) is 6. The molecule has 41 heavy (non-hydrogen) atoms. The summed E-state index contributed by atoms with van der Waals surface area (Å²) in [6, 6.07) is 23.6. The molecule has 0 aromatic heterocycles. The molecule has 1 aliphatic heterocycles. The normalized spacial score (nSPS) is 15.7. The van der Waals surface area contributed by atoms with E-state index in [2.05, 4.69) is 0 Å². The molecule has 0 bridgehead atoms. The third-order valence-corrected chi connectivity index (χ3v) is 6.88. The lowest BCUT2D eigenvalue weighted by Crippen LogP contribution is -2.55. The van der Waals surface area contributed by atoms with Crippen molar-refractivity contribution in [2.45, 2.75) is 70.9 Å². The number of amides is 2. The molecule has 1 saturated heterocycles. The lowest BCUT2D eigenvalue weighted by atomic mass is 10.0. The van der Waals surface area contributed by atoms with E-state index in [1.807, 2.05) is 60.7 Å². The molecule has 2 atom stereocenters. The van der Waals surface area contributed by atoms with E-state index in [-0.39, 0.29) is 31.2 Å². The highest BCUT2D eigenvalue weighted by atomic mass is 16.6. The van der Waals surface area contributed by atoms with Crippen LogP contribution in [0.25, 0.3) is 0 Å². The molecule has 1 heterocycles. The van der Waals surface area contributed by atoms with Gasteiger partial charge in [-0.25, -0.2) is 9.59 Å². The van der Waals surface area contributed by atoms with E-state index in [1.165, 1.54) is 4.90 Å². The van der Waals surface area contributed by atoms with E-state index >= 15 is 0 Å². The molecule has 0 unspecified atom stereocenters. The van der Waals surface area contributed by atoms with Crippen LogP contribution in [0.1, 0.15) is 50.3 Å². The minimum atomic E-state index is -0.961. The molecule has 1 aliphatic rings. The van der Waals surface area contributed by atoms with Gasteiger partial charge in [0.25, 0.3) is 0 Å². The van der Waals surface area contributed by atoms with Crippen molar-refractivity contribution in [3.05, 3.63) is 102 Å². The van der Waals surface area contributed by atoms with Crippen LogP contribution in [-0.4, -0.2) is 57.1 Å². The van der Waals surface area contributed by atoms with Gasteiger partial charge in [-0.05, 0) is 62.4 Å². The number of rotatable bonds is 9. The Hall–Kier alpha value is -4.33. The van der Waals surface area contributed by atoms with Crippen molar-refractivity contribution in [3.63, 3.8) is 0 Å². The Morgan fingerprint density at radius 3 is 2.12 bits per heavy atom. The van der Waals surface area contributed by atoms with Crippen LogP contribution in [0.5, 0.6) is 5.75 Å². The van der Waals surface area contributed by atoms with E-state index in [0.717, 1.165) is 16.7 Å². The summed E-state index contributed by atoms with van der Waals surface area (Å²) in [6.45, 7) is 5.98. The fourth-order valence-corrected chi connectivity index (χ4v) is 4.88. The van der Waals surface area contributed by atoms with Gasteiger partial charge in [0.2, 0.25) is 5.91 Å². The van der Waals surface area contributed by atoms with Crippen LogP contribution >= 0.6 is 0 Å². The van der Waals surface area contributed by atoms with Crippen LogP contribution in [0.3, 0.4) is 0 Å². The SMILES string of the molecule is CC(C)(C)OC(=O)N(Cc1ccccc1)[C@@H](Cc1ccc(O)cc1)C(=O)N1CCC[C@H]1C(=O)OCc1ccccc1. The molecule has 8 nitrogen and oxygen atoms in total. The summed E-state index contributed by atoms with van der Waals surface area (Å²) < 4.78 is 11.4. The number of hydrogen-bond donors (Lipinski definition) is 1. The van der Waals surface area contributed by atoms with Gasteiger partial charge in [-0.15, -0.1) is 0 Å². The maximum Gasteiger partial charge on any atom is 0.411 e. The van der Waals surface area contributed by atoms with Gasteiger partial charge >= 0.3 is 12.1 Å². The topological polar surface area (TPSA) is 96.4 Å². The third-order valence-electron chi connectivity index (χ3n) is 6.88. The third kappa shape index (κ3) is 8.33. The average Bonchev–Trinajstić information content (AvgIpc) is 3.45. The first-order valence-corrected chi connectivity index (χ1v) is 13.9. The Balaban J connectivity index is 1.64.